The van der Waals surface area contributed by atoms with E-state index in [0.717, 1.165) is 10.8 Å². The first kappa shape index (κ1) is 15.0. The molecule has 2 N–H and O–H groups in total. The molecule has 0 saturated heterocycles. The second-order valence-electron chi connectivity index (χ2n) is 5.45. The smallest absolute Gasteiger partial charge is 0.366 e. The highest BCUT2D eigenvalue weighted by molar-refractivity contribution is 6.05. The van der Waals surface area contributed by atoms with E-state index in [1.165, 1.54) is 0 Å². The highest BCUT2D eigenvalue weighted by Crippen LogP contribution is 2.32. The molecule has 0 aromatic heterocycles. The predicted molar refractivity (Wildman–Crippen MR) is 92.7 cm³/mol. The van der Waals surface area contributed by atoms with E-state index in [1.54, 1.807) is 30.3 Å². The first-order valence-electron chi connectivity index (χ1n) is 7.65. The molecular weight excluding hydrogens is 320 g/mol. The average Bonchev–Trinajstić information content (AvgIpc) is 3.13. The monoisotopic (exact) mass is 334 g/mol. The van der Waals surface area contributed by atoms with Crippen LogP contribution in [0, 0.1) is 0 Å². The largest absolute Gasteiger partial charge is 0.454 e. The van der Waals surface area contributed by atoms with Crippen LogP contribution in [0.15, 0.2) is 65.8 Å². The molecule has 6 nitrogen and oxygen atoms in total. The first-order valence-corrected chi connectivity index (χ1v) is 7.65. The van der Waals surface area contributed by atoms with E-state index in [2.05, 4.69) is 5.16 Å². The van der Waals surface area contributed by atoms with E-state index in [-0.39, 0.29) is 12.6 Å². The maximum absolute atomic E-state index is 12.4. The van der Waals surface area contributed by atoms with Crippen LogP contribution in [0.5, 0.6) is 11.5 Å². The molecule has 0 aliphatic carbocycles. The highest BCUT2D eigenvalue weighted by Gasteiger charge is 2.15. The van der Waals surface area contributed by atoms with Gasteiger partial charge in [-0.2, -0.15) is 0 Å². The Balaban J connectivity index is 1.57. The van der Waals surface area contributed by atoms with Gasteiger partial charge in [0.1, 0.15) is 0 Å². The molecule has 3 aromatic carbocycles. The van der Waals surface area contributed by atoms with Crippen molar-refractivity contribution in [3.05, 3.63) is 71.8 Å². The van der Waals surface area contributed by atoms with Gasteiger partial charge in [-0.15, -0.1) is 0 Å². The number of nitrogens with zero attached hydrogens (tertiary/aromatic N) is 1. The number of rotatable bonds is 3. The fourth-order valence-corrected chi connectivity index (χ4v) is 2.65. The van der Waals surface area contributed by atoms with E-state index in [9.17, 15) is 4.79 Å². The molecule has 0 spiro atoms. The Morgan fingerprint density at radius 2 is 1.80 bits per heavy atom. The van der Waals surface area contributed by atoms with Gasteiger partial charge in [0.25, 0.3) is 0 Å². The number of benzene rings is 3. The quantitative estimate of drug-likeness (QED) is 0.344. The van der Waals surface area contributed by atoms with Gasteiger partial charge in [0, 0.05) is 5.56 Å². The zero-order valence-electron chi connectivity index (χ0n) is 13.1. The fourth-order valence-electron chi connectivity index (χ4n) is 2.65. The van der Waals surface area contributed by atoms with Gasteiger partial charge in [0.15, 0.2) is 17.3 Å². The van der Waals surface area contributed by atoms with Crippen LogP contribution in [-0.2, 0) is 4.84 Å². The SMILES string of the molecule is N/C(=N/OC(=O)c1cccc2ccccc12)c1ccc2c(c1)OCO2. The van der Waals surface area contributed by atoms with Crippen molar-refractivity contribution in [1.82, 2.24) is 0 Å². The van der Waals surface area contributed by atoms with Gasteiger partial charge < -0.3 is 20.0 Å². The van der Waals surface area contributed by atoms with Crippen molar-refractivity contribution in [2.75, 3.05) is 6.79 Å². The number of oxime groups is 1. The third-order valence-electron chi connectivity index (χ3n) is 3.90. The average molecular weight is 334 g/mol. The summed E-state index contributed by atoms with van der Waals surface area (Å²) in [5, 5.41) is 5.50. The summed E-state index contributed by atoms with van der Waals surface area (Å²) in [7, 11) is 0. The van der Waals surface area contributed by atoms with Crippen LogP contribution in [-0.4, -0.2) is 18.6 Å². The molecule has 0 unspecified atom stereocenters. The van der Waals surface area contributed by atoms with Crippen LogP contribution < -0.4 is 15.2 Å². The van der Waals surface area contributed by atoms with Crippen LogP contribution in [0.1, 0.15) is 15.9 Å². The highest BCUT2D eigenvalue weighted by atomic mass is 16.7. The van der Waals surface area contributed by atoms with Crippen molar-refractivity contribution >= 4 is 22.6 Å². The Bertz CT molecular complexity index is 992. The molecule has 25 heavy (non-hydrogen) atoms. The molecule has 0 bridgehead atoms. The molecule has 0 saturated carbocycles. The maximum atomic E-state index is 12.4. The minimum absolute atomic E-state index is 0.0758. The predicted octanol–water partition coefficient (Wildman–Crippen LogP) is 3.05. The third-order valence-corrected chi connectivity index (χ3v) is 3.90. The summed E-state index contributed by atoms with van der Waals surface area (Å²) in [4.78, 5) is 17.4. The number of hydrogen-bond acceptors (Lipinski definition) is 5. The van der Waals surface area contributed by atoms with Crippen LogP contribution in [0.25, 0.3) is 10.8 Å². The summed E-state index contributed by atoms with van der Waals surface area (Å²) in [5.74, 6) is 0.729. The summed E-state index contributed by atoms with van der Waals surface area (Å²) >= 11 is 0. The first-order chi connectivity index (χ1) is 12.2. The Hall–Kier alpha value is -3.54. The van der Waals surface area contributed by atoms with Gasteiger partial charge in [-0.3, -0.25) is 0 Å². The molecule has 1 aliphatic heterocycles. The normalized spacial score (nSPS) is 13.0. The zero-order chi connectivity index (χ0) is 17.2. The number of nitrogens with two attached hydrogens (primary N) is 1. The molecule has 0 fully saturated rings. The Kier molecular flexibility index (Phi) is 3.70. The minimum Gasteiger partial charge on any atom is -0.454 e. The van der Waals surface area contributed by atoms with E-state index < -0.39 is 5.97 Å². The van der Waals surface area contributed by atoms with Gasteiger partial charge >= 0.3 is 5.97 Å². The van der Waals surface area contributed by atoms with Gasteiger partial charge in [-0.05, 0) is 35.0 Å². The van der Waals surface area contributed by atoms with Gasteiger partial charge in [-0.25, -0.2) is 4.79 Å². The number of hydrogen-bond donors (Lipinski definition) is 1. The molecule has 4 rings (SSSR count). The van der Waals surface area contributed by atoms with E-state index in [1.807, 2.05) is 30.3 Å². The summed E-state index contributed by atoms with van der Waals surface area (Å²) in [6.45, 7) is 0.173. The molecule has 6 heteroatoms. The van der Waals surface area contributed by atoms with Crippen molar-refractivity contribution in [2.24, 2.45) is 10.9 Å². The summed E-state index contributed by atoms with van der Waals surface area (Å²) in [6.07, 6.45) is 0. The van der Waals surface area contributed by atoms with E-state index in [0.29, 0.717) is 22.6 Å². The zero-order valence-corrected chi connectivity index (χ0v) is 13.1. The molecule has 124 valence electrons. The second kappa shape index (κ2) is 6.16. The van der Waals surface area contributed by atoms with Crippen LogP contribution >= 0.6 is 0 Å². The van der Waals surface area contributed by atoms with Gasteiger partial charge in [-0.1, -0.05) is 41.6 Å². The molecule has 1 aliphatic rings. The third kappa shape index (κ3) is 2.85. The van der Waals surface area contributed by atoms with Crippen molar-refractivity contribution in [3.8, 4) is 11.5 Å². The van der Waals surface area contributed by atoms with Crippen molar-refractivity contribution < 1.29 is 19.1 Å². The topological polar surface area (TPSA) is 83.1 Å². The van der Waals surface area contributed by atoms with Crippen molar-refractivity contribution in [1.29, 1.82) is 0 Å². The summed E-state index contributed by atoms with van der Waals surface area (Å²) in [6, 6.07) is 18.1. The molecule has 3 aromatic rings. The molecular formula is C19H14N2O4. The van der Waals surface area contributed by atoms with E-state index in [4.69, 9.17) is 20.0 Å². The molecule has 0 amide bonds. The van der Waals surface area contributed by atoms with Crippen molar-refractivity contribution in [3.63, 3.8) is 0 Å². The van der Waals surface area contributed by atoms with E-state index >= 15 is 0 Å². The van der Waals surface area contributed by atoms with Crippen molar-refractivity contribution in [2.45, 2.75) is 0 Å². The number of carbonyl (C=O) groups is 1. The molecule has 0 atom stereocenters. The molecule has 1 heterocycles. The Morgan fingerprint density at radius 1 is 1.00 bits per heavy atom. The van der Waals surface area contributed by atoms with Gasteiger partial charge in [0.2, 0.25) is 6.79 Å². The second-order valence-corrected chi connectivity index (χ2v) is 5.45. The summed E-state index contributed by atoms with van der Waals surface area (Å²) in [5.41, 5.74) is 6.91. The van der Waals surface area contributed by atoms with Crippen LogP contribution in [0.2, 0.25) is 0 Å². The lowest BCUT2D eigenvalue weighted by Crippen LogP contribution is -2.15. The number of amidine groups is 1. The van der Waals surface area contributed by atoms with Gasteiger partial charge in [0.05, 0.1) is 5.56 Å². The lowest BCUT2D eigenvalue weighted by molar-refractivity contribution is 0.0518. The fraction of sp³-hybridized carbons (Fsp3) is 0.0526. The summed E-state index contributed by atoms with van der Waals surface area (Å²) < 4.78 is 10.5. The lowest BCUT2D eigenvalue weighted by atomic mass is 10.1. The number of carbonyl (C=O) groups excluding carboxylic acids is 1. The number of fused-ring (bicyclic) bond motifs is 2. The van der Waals surface area contributed by atoms with Crippen LogP contribution in [0.3, 0.4) is 0 Å². The number of ether oxygens (including phenoxy) is 2. The molecule has 0 radical (unpaired) electrons. The Morgan fingerprint density at radius 3 is 2.72 bits per heavy atom. The minimum atomic E-state index is -0.569. The Labute approximate surface area is 143 Å². The maximum Gasteiger partial charge on any atom is 0.366 e. The van der Waals surface area contributed by atoms with Crippen LogP contribution in [0.4, 0.5) is 0 Å². The standard InChI is InChI=1S/C19H14N2O4/c20-18(13-8-9-16-17(10-13)24-11-23-16)21-25-19(22)15-7-3-5-12-4-1-2-6-14(12)15/h1-10H,11H2,(H2,20,21). The lowest BCUT2D eigenvalue weighted by Gasteiger charge is -2.05.